The number of carbonyl (C=O) groups excluding carboxylic acids is 2. The second kappa shape index (κ2) is 8.71. The Balaban J connectivity index is 1.62. The summed E-state index contributed by atoms with van der Waals surface area (Å²) < 4.78 is 10.4. The molecule has 144 valence electrons. The van der Waals surface area contributed by atoms with E-state index in [1.54, 1.807) is 30.3 Å². The second-order valence-electron chi connectivity index (χ2n) is 6.12. The highest BCUT2D eigenvalue weighted by atomic mass is 35.5. The number of rotatable bonds is 6. The van der Waals surface area contributed by atoms with Crippen LogP contribution in [0.25, 0.3) is 11.0 Å². The molecule has 6 nitrogen and oxygen atoms in total. The van der Waals surface area contributed by atoms with E-state index in [9.17, 15) is 14.4 Å². The maximum Gasteiger partial charge on any atom is 0.336 e. The molecule has 1 N–H and O–H groups in total. The van der Waals surface area contributed by atoms with E-state index in [-0.39, 0.29) is 13.2 Å². The number of hydrogen-bond acceptors (Lipinski definition) is 5. The van der Waals surface area contributed by atoms with Crippen LogP contribution in [0.15, 0.2) is 57.7 Å². The maximum atomic E-state index is 12.0. The standard InChI is InChI=1S/C21H18ClNO5/c1-2-13-3-8-17-15(10-19(24)28-18(17)9-13)12-27-20(25)11-23-21(26)14-4-6-16(22)7-5-14/h3-10H,2,11-12H2,1H3,(H,23,26). The van der Waals surface area contributed by atoms with E-state index in [4.69, 9.17) is 20.8 Å². The molecule has 0 fully saturated rings. The Morgan fingerprint density at radius 1 is 1.11 bits per heavy atom. The topological polar surface area (TPSA) is 85.6 Å². The number of ether oxygens (including phenoxy) is 1. The first-order chi connectivity index (χ1) is 13.5. The molecular formula is C21H18ClNO5. The summed E-state index contributed by atoms with van der Waals surface area (Å²) in [6.07, 6.45) is 0.812. The van der Waals surface area contributed by atoms with Gasteiger partial charge in [-0.15, -0.1) is 0 Å². The van der Waals surface area contributed by atoms with Gasteiger partial charge in [0, 0.05) is 27.6 Å². The Hall–Kier alpha value is -3.12. The Labute approximate surface area is 166 Å². The molecule has 1 amide bonds. The zero-order valence-corrected chi connectivity index (χ0v) is 15.9. The minimum Gasteiger partial charge on any atom is -0.459 e. The summed E-state index contributed by atoms with van der Waals surface area (Å²) >= 11 is 5.78. The van der Waals surface area contributed by atoms with E-state index >= 15 is 0 Å². The quantitative estimate of drug-likeness (QED) is 0.506. The van der Waals surface area contributed by atoms with Gasteiger partial charge in [-0.2, -0.15) is 0 Å². The Bertz CT molecular complexity index is 1070. The maximum absolute atomic E-state index is 12.0. The molecule has 0 bridgehead atoms. The number of fused-ring (bicyclic) bond motifs is 1. The van der Waals surface area contributed by atoms with Gasteiger partial charge in [-0.1, -0.05) is 30.7 Å². The van der Waals surface area contributed by atoms with Gasteiger partial charge in [0.05, 0.1) is 0 Å². The van der Waals surface area contributed by atoms with Gasteiger partial charge in [0.25, 0.3) is 5.91 Å². The molecule has 0 aliphatic heterocycles. The van der Waals surface area contributed by atoms with Crippen LogP contribution in [0.4, 0.5) is 0 Å². The fourth-order valence-electron chi connectivity index (χ4n) is 2.68. The van der Waals surface area contributed by atoms with E-state index in [0.717, 1.165) is 12.0 Å². The van der Waals surface area contributed by atoms with Crippen molar-refractivity contribution in [2.24, 2.45) is 0 Å². The summed E-state index contributed by atoms with van der Waals surface area (Å²) in [5.74, 6) is -1.03. The first kappa shape index (κ1) is 19.6. The Morgan fingerprint density at radius 2 is 1.86 bits per heavy atom. The fraction of sp³-hybridized carbons (Fsp3) is 0.190. The van der Waals surface area contributed by atoms with Crippen LogP contribution in [-0.4, -0.2) is 18.4 Å². The SMILES string of the molecule is CCc1ccc2c(COC(=O)CNC(=O)c3ccc(Cl)cc3)cc(=O)oc2c1. The number of carbonyl (C=O) groups is 2. The number of aryl methyl sites for hydroxylation is 1. The van der Waals surface area contributed by atoms with Gasteiger partial charge in [-0.25, -0.2) is 4.79 Å². The van der Waals surface area contributed by atoms with Crippen LogP contribution in [0, 0.1) is 0 Å². The molecule has 2 aromatic carbocycles. The van der Waals surface area contributed by atoms with Crippen LogP contribution in [0.3, 0.4) is 0 Å². The molecule has 3 rings (SSSR count). The molecule has 0 spiro atoms. The molecule has 0 aliphatic carbocycles. The molecule has 0 unspecified atom stereocenters. The van der Waals surface area contributed by atoms with E-state index in [2.05, 4.69) is 5.32 Å². The molecule has 0 saturated carbocycles. The average Bonchev–Trinajstić information content (AvgIpc) is 2.70. The van der Waals surface area contributed by atoms with Crippen molar-refractivity contribution in [2.45, 2.75) is 20.0 Å². The van der Waals surface area contributed by atoms with Crippen molar-refractivity contribution in [3.63, 3.8) is 0 Å². The van der Waals surface area contributed by atoms with E-state index in [1.807, 2.05) is 19.1 Å². The Morgan fingerprint density at radius 3 is 2.57 bits per heavy atom. The highest BCUT2D eigenvalue weighted by Gasteiger charge is 2.11. The van der Waals surface area contributed by atoms with Gasteiger partial charge in [-0.05, 0) is 42.3 Å². The van der Waals surface area contributed by atoms with Gasteiger partial charge in [0.15, 0.2) is 0 Å². The minimum atomic E-state index is -0.617. The van der Waals surface area contributed by atoms with Gasteiger partial charge in [0.2, 0.25) is 0 Å². The molecule has 28 heavy (non-hydrogen) atoms. The lowest BCUT2D eigenvalue weighted by Crippen LogP contribution is -2.30. The highest BCUT2D eigenvalue weighted by Crippen LogP contribution is 2.20. The summed E-state index contributed by atoms with van der Waals surface area (Å²) in [5, 5.41) is 3.70. The number of halogens is 1. The molecule has 1 aromatic heterocycles. The third kappa shape index (κ3) is 4.78. The number of hydrogen-bond donors (Lipinski definition) is 1. The van der Waals surface area contributed by atoms with Gasteiger partial charge in [0.1, 0.15) is 18.7 Å². The number of nitrogens with one attached hydrogen (secondary N) is 1. The summed E-state index contributed by atoms with van der Waals surface area (Å²) in [6, 6.07) is 13.2. The van der Waals surface area contributed by atoms with Crippen LogP contribution in [-0.2, 0) is 22.6 Å². The smallest absolute Gasteiger partial charge is 0.336 e. The van der Waals surface area contributed by atoms with Crippen molar-refractivity contribution in [3.8, 4) is 0 Å². The molecule has 0 atom stereocenters. The lowest BCUT2D eigenvalue weighted by Gasteiger charge is -2.09. The summed E-state index contributed by atoms with van der Waals surface area (Å²) in [6.45, 7) is 1.62. The summed E-state index contributed by atoms with van der Waals surface area (Å²) in [5.41, 5.74) is 1.91. The Kier molecular flexibility index (Phi) is 6.11. The van der Waals surface area contributed by atoms with E-state index in [0.29, 0.717) is 27.1 Å². The zero-order valence-electron chi connectivity index (χ0n) is 15.2. The van der Waals surface area contributed by atoms with Crippen LogP contribution in [0.1, 0.15) is 28.4 Å². The molecule has 0 saturated heterocycles. The molecule has 1 heterocycles. The monoisotopic (exact) mass is 399 g/mol. The van der Waals surface area contributed by atoms with Gasteiger partial charge < -0.3 is 14.5 Å². The molecule has 3 aromatic rings. The fourth-order valence-corrected chi connectivity index (χ4v) is 2.80. The number of benzene rings is 2. The third-order valence-corrected chi connectivity index (χ3v) is 4.44. The van der Waals surface area contributed by atoms with Gasteiger partial charge in [-0.3, -0.25) is 9.59 Å². The summed E-state index contributed by atoms with van der Waals surface area (Å²) in [7, 11) is 0. The van der Waals surface area contributed by atoms with Crippen LogP contribution < -0.4 is 10.9 Å². The second-order valence-corrected chi connectivity index (χ2v) is 6.56. The average molecular weight is 400 g/mol. The normalized spacial score (nSPS) is 10.6. The van der Waals surface area contributed by atoms with Crippen LogP contribution in [0.2, 0.25) is 5.02 Å². The highest BCUT2D eigenvalue weighted by molar-refractivity contribution is 6.30. The predicted octanol–water partition coefficient (Wildman–Crippen LogP) is 3.48. The number of esters is 1. The summed E-state index contributed by atoms with van der Waals surface area (Å²) in [4.78, 5) is 35.7. The lowest BCUT2D eigenvalue weighted by molar-refractivity contribution is -0.143. The largest absolute Gasteiger partial charge is 0.459 e. The zero-order chi connectivity index (χ0) is 20.1. The number of amides is 1. The first-order valence-corrected chi connectivity index (χ1v) is 9.09. The first-order valence-electron chi connectivity index (χ1n) is 8.71. The molecular weight excluding hydrogens is 382 g/mol. The van der Waals surface area contributed by atoms with Crippen molar-refractivity contribution in [1.82, 2.24) is 5.32 Å². The van der Waals surface area contributed by atoms with Crippen molar-refractivity contribution in [1.29, 1.82) is 0 Å². The van der Waals surface area contributed by atoms with Crippen LogP contribution in [0.5, 0.6) is 0 Å². The minimum absolute atomic E-state index is 0.0940. The van der Waals surface area contributed by atoms with E-state index in [1.165, 1.54) is 6.07 Å². The molecule has 0 radical (unpaired) electrons. The lowest BCUT2D eigenvalue weighted by atomic mass is 10.1. The molecule has 7 heteroatoms. The third-order valence-electron chi connectivity index (χ3n) is 4.19. The van der Waals surface area contributed by atoms with Crippen molar-refractivity contribution >= 4 is 34.4 Å². The van der Waals surface area contributed by atoms with Gasteiger partial charge >= 0.3 is 11.6 Å². The van der Waals surface area contributed by atoms with Crippen molar-refractivity contribution in [3.05, 3.63) is 80.7 Å². The van der Waals surface area contributed by atoms with Crippen molar-refractivity contribution < 1.29 is 18.7 Å². The molecule has 0 aliphatic rings. The predicted molar refractivity (Wildman–Crippen MR) is 105 cm³/mol. The van der Waals surface area contributed by atoms with Crippen molar-refractivity contribution in [2.75, 3.05) is 6.54 Å². The van der Waals surface area contributed by atoms with E-state index < -0.39 is 17.5 Å². The van der Waals surface area contributed by atoms with Crippen LogP contribution >= 0.6 is 11.6 Å².